The van der Waals surface area contributed by atoms with Gasteiger partial charge in [-0.3, -0.25) is 0 Å². The Labute approximate surface area is 65.7 Å². The lowest BCUT2D eigenvalue weighted by Crippen LogP contribution is -2.34. The number of hydrogen-bond donors (Lipinski definition) is 0. The molecule has 0 aliphatic rings. The number of rotatable bonds is 5. The molecule has 0 bridgehead atoms. The highest BCUT2D eigenvalue weighted by atomic mass is 28.3. The smallest absolute Gasteiger partial charge is 0.130 e. The summed E-state index contributed by atoms with van der Waals surface area (Å²) in [5.41, 5.74) is 0. The van der Waals surface area contributed by atoms with Crippen LogP contribution in [0, 0.1) is 0 Å². The van der Waals surface area contributed by atoms with Crippen molar-refractivity contribution >= 4 is 8.96 Å². The Balaban J connectivity index is 3.70. The summed E-state index contributed by atoms with van der Waals surface area (Å²) in [5, 5.41) is 0. The minimum atomic E-state index is -0.307. The van der Waals surface area contributed by atoms with Crippen molar-refractivity contribution < 1.29 is 0 Å². The van der Waals surface area contributed by atoms with Crippen molar-refractivity contribution in [3.8, 4) is 0 Å². The Bertz CT molecular complexity index is 99.8. The second-order valence-corrected chi connectivity index (χ2v) is 4.96. The summed E-state index contributed by atoms with van der Waals surface area (Å²) < 4.78 is 2.39. The molecule has 2 heteroatoms. The minimum Gasteiger partial charge on any atom is -0.318 e. The zero-order chi connectivity index (χ0) is 7.98. The molecular weight excluding hydrogens is 138 g/mol. The van der Waals surface area contributed by atoms with Crippen molar-refractivity contribution in [2.24, 2.45) is 0 Å². The van der Waals surface area contributed by atoms with E-state index in [-0.39, 0.29) is 8.96 Å². The SMILES string of the molecule is C=CCN(CC=C)[Si](C)C. The molecule has 0 aromatic carbocycles. The van der Waals surface area contributed by atoms with Gasteiger partial charge in [-0.1, -0.05) is 25.2 Å². The van der Waals surface area contributed by atoms with Crippen LogP contribution in [0.1, 0.15) is 0 Å². The standard InChI is InChI=1S/C8H16NSi/c1-5-7-9(8-6-2)10(3)4/h5-6H,1-2,7-8H2,3-4H3. The second-order valence-electron chi connectivity index (χ2n) is 2.43. The predicted octanol–water partition coefficient (Wildman–Crippen LogP) is 1.91. The quantitative estimate of drug-likeness (QED) is 0.432. The zero-order valence-corrected chi connectivity index (χ0v) is 7.93. The summed E-state index contributed by atoms with van der Waals surface area (Å²) in [6.07, 6.45) is 3.89. The van der Waals surface area contributed by atoms with Gasteiger partial charge in [-0.2, -0.15) is 0 Å². The predicted molar refractivity (Wildman–Crippen MR) is 49.4 cm³/mol. The van der Waals surface area contributed by atoms with Gasteiger partial charge in [0.25, 0.3) is 0 Å². The lowest BCUT2D eigenvalue weighted by atomic mass is 10.5. The average molecular weight is 154 g/mol. The zero-order valence-electron chi connectivity index (χ0n) is 6.93. The van der Waals surface area contributed by atoms with E-state index in [9.17, 15) is 0 Å². The monoisotopic (exact) mass is 154 g/mol. The Kier molecular flexibility index (Phi) is 5.26. The van der Waals surface area contributed by atoms with Crippen LogP contribution in [-0.2, 0) is 0 Å². The summed E-state index contributed by atoms with van der Waals surface area (Å²) in [4.78, 5) is 0. The molecule has 0 aliphatic carbocycles. The minimum absolute atomic E-state index is 0.307. The topological polar surface area (TPSA) is 3.24 Å². The maximum atomic E-state index is 3.71. The Hall–Kier alpha value is -0.343. The van der Waals surface area contributed by atoms with E-state index in [4.69, 9.17) is 0 Å². The highest BCUT2D eigenvalue weighted by Crippen LogP contribution is 1.93. The molecule has 1 nitrogen and oxygen atoms in total. The van der Waals surface area contributed by atoms with E-state index >= 15 is 0 Å². The normalized spacial score (nSPS) is 10.4. The van der Waals surface area contributed by atoms with Gasteiger partial charge >= 0.3 is 0 Å². The van der Waals surface area contributed by atoms with Gasteiger partial charge in [0.2, 0.25) is 0 Å². The van der Waals surface area contributed by atoms with Gasteiger partial charge in [0, 0.05) is 13.1 Å². The summed E-state index contributed by atoms with van der Waals surface area (Å²) in [6, 6.07) is 0. The van der Waals surface area contributed by atoms with Crippen LogP contribution < -0.4 is 0 Å². The summed E-state index contributed by atoms with van der Waals surface area (Å²) in [5.74, 6) is 0. The third kappa shape index (κ3) is 3.64. The van der Waals surface area contributed by atoms with Gasteiger partial charge < -0.3 is 4.57 Å². The fourth-order valence-corrected chi connectivity index (χ4v) is 1.74. The van der Waals surface area contributed by atoms with Crippen molar-refractivity contribution in [1.82, 2.24) is 4.57 Å². The molecule has 10 heavy (non-hydrogen) atoms. The van der Waals surface area contributed by atoms with E-state index in [1.165, 1.54) is 0 Å². The highest BCUT2D eigenvalue weighted by molar-refractivity contribution is 6.52. The molecule has 0 aliphatic heterocycles. The molecule has 0 fully saturated rings. The van der Waals surface area contributed by atoms with Crippen LogP contribution in [0.3, 0.4) is 0 Å². The van der Waals surface area contributed by atoms with Crippen LogP contribution in [0.2, 0.25) is 13.1 Å². The fraction of sp³-hybridized carbons (Fsp3) is 0.500. The molecular formula is C8H16NSi. The first-order valence-electron chi connectivity index (χ1n) is 3.49. The molecule has 0 saturated carbocycles. The van der Waals surface area contributed by atoms with E-state index in [1.54, 1.807) is 0 Å². The first-order valence-corrected chi connectivity index (χ1v) is 5.94. The molecule has 0 saturated heterocycles. The second kappa shape index (κ2) is 5.44. The van der Waals surface area contributed by atoms with Crippen LogP contribution in [0.25, 0.3) is 0 Å². The van der Waals surface area contributed by atoms with Gasteiger partial charge in [0.05, 0.1) is 0 Å². The molecule has 1 radical (unpaired) electrons. The van der Waals surface area contributed by atoms with Crippen LogP contribution in [0.4, 0.5) is 0 Å². The Morgan fingerprint density at radius 2 is 1.60 bits per heavy atom. The molecule has 0 rings (SSSR count). The highest BCUT2D eigenvalue weighted by Gasteiger charge is 2.05. The van der Waals surface area contributed by atoms with Gasteiger partial charge in [0.15, 0.2) is 0 Å². The fourth-order valence-electron chi connectivity index (χ4n) is 0.751. The van der Waals surface area contributed by atoms with Crippen molar-refractivity contribution in [2.75, 3.05) is 13.1 Å². The summed E-state index contributed by atoms with van der Waals surface area (Å²) >= 11 is 0. The van der Waals surface area contributed by atoms with E-state index in [1.807, 2.05) is 12.2 Å². The maximum absolute atomic E-state index is 3.71. The molecule has 0 spiro atoms. The molecule has 0 amide bonds. The number of hydrogen-bond acceptors (Lipinski definition) is 1. The first kappa shape index (κ1) is 9.66. The van der Waals surface area contributed by atoms with E-state index < -0.39 is 0 Å². The van der Waals surface area contributed by atoms with Gasteiger partial charge in [-0.15, -0.1) is 13.2 Å². The van der Waals surface area contributed by atoms with Crippen LogP contribution in [0.5, 0.6) is 0 Å². The van der Waals surface area contributed by atoms with Crippen LogP contribution >= 0.6 is 0 Å². The molecule has 0 aromatic rings. The van der Waals surface area contributed by atoms with E-state index in [2.05, 4.69) is 30.8 Å². The Morgan fingerprint density at radius 3 is 1.80 bits per heavy atom. The van der Waals surface area contributed by atoms with E-state index in [0.29, 0.717) is 0 Å². The van der Waals surface area contributed by atoms with Gasteiger partial charge in [0.1, 0.15) is 8.96 Å². The largest absolute Gasteiger partial charge is 0.318 e. The van der Waals surface area contributed by atoms with Crippen molar-refractivity contribution in [3.05, 3.63) is 25.3 Å². The molecule has 57 valence electrons. The lowest BCUT2D eigenvalue weighted by molar-refractivity contribution is 0.534. The summed E-state index contributed by atoms with van der Waals surface area (Å²) in [6.45, 7) is 13.9. The summed E-state index contributed by atoms with van der Waals surface area (Å²) in [7, 11) is -0.307. The van der Waals surface area contributed by atoms with Crippen molar-refractivity contribution in [3.63, 3.8) is 0 Å². The van der Waals surface area contributed by atoms with E-state index in [0.717, 1.165) is 13.1 Å². The first-order chi connectivity index (χ1) is 4.72. The maximum Gasteiger partial charge on any atom is 0.130 e. The van der Waals surface area contributed by atoms with Crippen molar-refractivity contribution in [1.29, 1.82) is 0 Å². The lowest BCUT2D eigenvalue weighted by Gasteiger charge is -2.21. The molecule has 0 atom stereocenters. The van der Waals surface area contributed by atoms with Crippen LogP contribution in [-0.4, -0.2) is 26.6 Å². The van der Waals surface area contributed by atoms with Gasteiger partial charge in [-0.05, 0) is 0 Å². The molecule has 0 N–H and O–H groups in total. The third-order valence-electron chi connectivity index (χ3n) is 1.33. The van der Waals surface area contributed by atoms with Crippen LogP contribution in [0.15, 0.2) is 25.3 Å². The van der Waals surface area contributed by atoms with Crippen molar-refractivity contribution in [2.45, 2.75) is 13.1 Å². The van der Waals surface area contributed by atoms with Gasteiger partial charge in [-0.25, -0.2) is 0 Å². The molecule has 0 aromatic heterocycles. The molecule has 0 heterocycles. The third-order valence-corrected chi connectivity index (χ3v) is 2.96. The Morgan fingerprint density at radius 1 is 1.20 bits per heavy atom. The number of nitrogens with zero attached hydrogens (tertiary/aromatic N) is 1. The average Bonchev–Trinajstić information content (AvgIpc) is 1.87. The molecule has 0 unspecified atom stereocenters.